The summed E-state index contributed by atoms with van der Waals surface area (Å²) >= 11 is 11.4. The van der Waals surface area contributed by atoms with Crippen molar-refractivity contribution in [3.8, 4) is 11.4 Å². The van der Waals surface area contributed by atoms with E-state index >= 15 is 0 Å². The summed E-state index contributed by atoms with van der Waals surface area (Å²) in [6, 6.07) is 3.58. The van der Waals surface area contributed by atoms with Gasteiger partial charge in [-0.15, -0.1) is 11.6 Å². The lowest BCUT2D eigenvalue weighted by molar-refractivity contribution is 1.22. The standard InChI is InChI=1S/C9H7Cl2N3/c10-4-7-5-13-9(14-7)6-1-2-12-8(11)3-6/h1-3,5H,4H2,(H,13,14). The maximum atomic E-state index is 5.76. The van der Waals surface area contributed by atoms with Crippen molar-refractivity contribution in [2.24, 2.45) is 0 Å². The van der Waals surface area contributed by atoms with Crippen molar-refractivity contribution in [1.29, 1.82) is 0 Å². The molecule has 0 aliphatic rings. The third-order valence-corrected chi connectivity index (χ3v) is 2.27. The molecule has 0 amide bonds. The largest absolute Gasteiger partial charge is 0.341 e. The van der Waals surface area contributed by atoms with Gasteiger partial charge in [-0.1, -0.05) is 11.6 Å². The van der Waals surface area contributed by atoms with Crippen LogP contribution in [-0.4, -0.2) is 15.0 Å². The molecule has 0 unspecified atom stereocenters. The van der Waals surface area contributed by atoms with E-state index in [1.807, 2.05) is 6.07 Å². The average molecular weight is 228 g/mol. The number of alkyl halides is 1. The van der Waals surface area contributed by atoms with Gasteiger partial charge in [-0.05, 0) is 12.1 Å². The summed E-state index contributed by atoms with van der Waals surface area (Å²) in [6.07, 6.45) is 3.34. The number of nitrogens with zero attached hydrogens (tertiary/aromatic N) is 2. The molecule has 72 valence electrons. The van der Waals surface area contributed by atoms with Crippen LogP contribution in [0.1, 0.15) is 5.69 Å². The zero-order valence-electron chi connectivity index (χ0n) is 7.17. The second-order valence-electron chi connectivity index (χ2n) is 2.76. The minimum atomic E-state index is 0.422. The van der Waals surface area contributed by atoms with Crippen LogP contribution in [-0.2, 0) is 5.88 Å². The lowest BCUT2D eigenvalue weighted by Crippen LogP contribution is -1.82. The zero-order valence-corrected chi connectivity index (χ0v) is 8.68. The number of aromatic amines is 1. The highest BCUT2D eigenvalue weighted by molar-refractivity contribution is 6.29. The second kappa shape index (κ2) is 3.98. The number of nitrogens with one attached hydrogen (secondary N) is 1. The predicted octanol–water partition coefficient (Wildman–Crippen LogP) is 2.86. The van der Waals surface area contributed by atoms with Gasteiger partial charge in [-0.25, -0.2) is 9.97 Å². The number of H-pyrrole nitrogens is 1. The van der Waals surface area contributed by atoms with E-state index in [1.165, 1.54) is 0 Å². The van der Waals surface area contributed by atoms with E-state index < -0.39 is 0 Å². The summed E-state index contributed by atoms with van der Waals surface area (Å²) in [6.45, 7) is 0. The van der Waals surface area contributed by atoms with Gasteiger partial charge in [0, 0.05) is 23.7 Å². The topological polar surface area (TPSA) is 41.6 Å². The van der Waals surface area contributed by atoms with Gasteiger partial charge in [0.25, 0.3) is 0 Å². The Kier molecular flexibility index (Phi) is 2.70. The molecule has 14 heavy (non-hydrogen) atoms. The van der Waals surface area contributed by atoms with Crippen molar-refractivity contribution in [1.82, 2.24) is 15.0 Å². The average Bonchev–Trinajstić information content (AvgIpc) is 2.66. The number of hydrogen-bond donors (Lipinski definition) is 1. The Morgan fingerprint density at radius 1 is 1.36 bits per heavy atom. The van der Waals surface area contributed by atoms with Gasteiger partial charge in [-0.3, -0.25) is 0 Å². The fourth-order valence-corrected chi connectivity index (χ4v) is 1.43. The van der Waals surface area contributed by atoms with Gasteiger partial charge in [0.05, 0.1) is 5.88 Å². The molecule has 0 aliphatic carbocycles. The molecule has 0 bridgehead atoms. The predicted molar refractivity (Wildman–Crippen MR) is 56.4 cm³/mol. The Bertz CT molecular complexity index is 439. The Hall–Kier alpha value is -1.06. The SMILES string of the molecule is ClCc1cnc(-c2ccnc(Cl)c2)[nH]1. The van der Waals surface area contributed by atoms with Crippen LogP contribution in [0.5, 0.6) is 0 Å². The molecule has 2 heterocycles. The Morgan fingerprint density at radius 2 is 2.21 bits per heavy atom. The van der Waals surface area contributed by atoms with E-state index in [2.05, 4.69) is 15.0 Å². The number of imidazole rings is 1. The van der Waals surface area contributed by atoms with Crippen LogP contribution < -0.4 is 0 Å². The lowest BCUT2D eigenvalue weighted by Gasteiger charge is -1.96. The third kappa shape index (κ3) is 1.89. The third-order valence-electron chi connectivity index (χ3n) is 1.77. The monoisotopic (exact) mass is 227 g/mol. The highest BCUT2D eigenvalue weighted by Crippen LogP contribution is 2.18. The van der Waals surface area contributed by atoms with Gasteiger partial charge in [-0.2, -0.15) is 0 Å². The molecule has 0 aliphatic heterocycles. The first-order valence-electron chi connectivity index (χ1n) is 4.01. The van der Waals surface area contributed by atoms with E-state index in [0.29, 0.717) is 11.0 Å². The minimum Gasteiger partial charge on any atom is -0.341 e. The molecule has 1 N–H and O–H groups in total. The van der Waals surface area contributed by atoms with Crippen molar-refractivity contribution in [2.75, 3.05) is 0 Å². The molecule has 0 saturated heterocycles. The number of pyridine rings is 1. The summed E-state index contributed by atoms with van der Waals surface area (Å²) in [5, 5.41) is 0.450. The molecule has 0 atom stereocenters. The second-order valence-corrected chi connectivity index (χ2v) is 3.41. The Labute approximate surface area is 91.1 Å². The summed E-state index contributed by atoms with van der Waals surface area (Å²) in [5.41, 5.74) is 1.79. The van der Waals surface area contributed by atoms with Gasteiger partial charge in [0.1, 0.15) is 11.0 Å². The van der Waals surface area contributed by atoms with E-state index in [1.54, 1.807) is 18.5 Å². The van der Waals surface area contributed by atoms with Crippen molar-refractivity contribution in [3.63, 3.8) is 0 Å². The van der Waals surface area contributed by atoms with Crippen molar-refractivity contribution in [2.45, 2.75) is 5.88 Å². The van der Waals surface area contributed by atoms with E-state index in [9.17, 15) is 0 Å². The highest BCUT2D eigenvalue weighted by Gasteiger charge is 2.03. The molecule has 2 rings (SSSR count). The first-order valence-corrected chi connectivity index (χ1v) is 4.92. The molecular weight excluding hydrogens is 221 g/mol. The van der Waals surface area contributed by atoms with Gasteiger partial charge < -0.3 is 4.98 Å². The molecule has 0 saturated carbocycles. The van der Waals surface area contributed by atoms with Crippen LogP contribution >= 0.6 is 23.2 Å². The quantitative estimate of drug-likeness (QED) is 0.634. The fourth-order valence-electron chi connectivity index (χ4n) is 1.12. The normalized spacial score (nSPS) is 10.4. The van der Waals surface area contributed by atoms with Crippen molar-refractivity contribution < 1.29 is 0 Å². The molecule has 0 aromatic carbocycles. The fraction of sp³-hybridized carbons (Fsp3) is 0.111. The maximum absolute atomic E-state index is 5.76. The smallest absolute Gasteiger partial charge is 0.137 e. The van der Waals surface area contributed by atoms with Crippen LogP contribution in [0.25, 0.3) is 11.4 Å². The first kappa shape index (κ1) is 9.49. The Balaban J connectivity index is 2.39. The molecular formula is C9H7Cl2N3. The van der Waals surface area contributed by atoms with E-state index in [4.69, 9.17) is 23.2 Å². The Morgan fingerprint density at radius 3 is 2.86 bits per heavy atom. The molecule has 0 radical (unpaired) electrons. The van der Waals surface area contributed by atoms with Gasteiger partial charge >= 0.3 is 0 Å². The van der Waals surface area contributed by atoms with Gasteiger partial charge in [0.2, 0.25) is 0 Å². The molecule has 0 fully saturated rings. The summed E-state index contributed by atoms with van der Waals surface area (Å²) < 4.78 is 0. The molecule has 5 heteroatoms. The van der Waals surface area contributed by atoms with E-state index in [-0.39, 0.29) is 0 Å². The number of hydrogen-bond acceptors (Lipinski definition) is 2. The zero-order chi connectivity index (χ0) is 9.97. The maximum Gasteiger partial charge on any atom is 0.137 e. The number of rotatable bonds is 2. The lowest BCUT2D eigenvalue weighted by atomic mass is 10.2. The number of halogens is 2. The highest BCUT2D eigenvalue weighted by atomic mass is 35.5. The summed E-state index contributed by atoms with van der Waals surface area (Å²) in [7, 11) is 0. The molecule has 2 aromatic heterocycles. The summed E-state index contributed by atoms with van der Waals surface area (Å²) in [5.74, 6) is 1.18. The first-order chi connectivity index (χ1) is 6.79. The minimum absolute atomic E-state index is 0.422. The van der Waals surface area contributed by atoms with Crippen molar-refractivity contribution >= 4 is 23.2 Å². The van der Waals surface area contributed by atoms with Crippen LogP contribution in [0.4, 0.5) is 0 Å². The molecule has 3 nitrogen and oxygen atoms in total. The van der Waals surface area contributed by atoms with Gasteiger partial charge in [0.15, 0.2) is 0 Å². The number of aromatic nitrogens is 3. The van der Waals surface area contributed by atoms with Crippen LogP contribution in [0.2, 0.25) is 5.15 Å². The van der Waals surface area contributed by atoms with Crippen LogP contribution in [0, 0.1) is 0 Å². The molecule has 2 aromatic rings. The summed E-state index contributed by atoms with van der Waals surface area (Å²) in [4.78, 5) is 11.1. The van der Waals surface area contributed by atoms with Crippen LogP contribution in [0.3, 0.4) is 0 Å². The van der Waals surface area contributed by atoms with Crippen molar-refractivity contribution in [3.05, 3.63) is 35.4 Å². The van der Waals surface area contributed by atoms with E-state index in [0.717, 1.165) is 17.1 Å². The molecule has 0 spiro atoms. The van der Waals surface area contributed by atoms with Crippen LogP contribution in [0.15, 0.2) is 24.5 Å².